The van der Waals surface area contributed by atoms with Crippen LogP contribution in [-0.2, 0) is 0 Å². The molecule has 1 fully saturated rings. The number of nitrogens with zero attached hydrogens (tertiary/aromatic N) is 1. The predicted octanol–water partition coefficient (Wildman–Crippen LogP) is 0.973. The van der Waals surface area contributed by atoms with Gasteiger partial charge in [0.2, 0.25) is 0 Å². The molecule has 0 unspecified atom stereocenters. The first-order chi connectivity index (χ1) is 5.85. The summed E-state index contributed by atoms with van der Waals surface area (Å²) in [7, 11) is 0. The van der Waals surface area contributed by atoms with Gasteiger partial charge in [0.25, 0.3) is 0 Å². The number of hydrazine groups is 1. The molecule has 1 aliphatic rings. The van der Waals surface area contributed by atoms with Crippen molar-refractivity contribution in [1.82, 2.24) is 15.8 Å². The summed E-state index contributed by atoms with van der Waals surface area (Å²) in [5.74, 6) is 0. The molecular weight excluding hydrogens is 162 g/mol. The van der Waals surface area contributed by atoms with Crippen LogP contribution in [0.15, 0.2) is 0 Å². The van der Waals surface area contributed by atoms with Crippen molar-refractivity contribution >= 4 is 0 Å². The molecule has 0 aromatic heterocycles. The lowest BCUT2D eigenvalue weighted by Crippen LogP contribution is -2.68. The summed E-state index contributed by atoms with van der Waals surface area (Å²) < 4.78 is 0. The van der Waals surface area contributed by atoms with Crippen LogP contribution in [0.3, 0.4) is 0 Å². The van der Waals surface area contributed by atoms with E-state index in [-0.39, 0.29) is 11.1 Å². The third-order valence-corrected chi connectivity index (χ3v) is 2.23. The van der Waals surface area contributed by atoms with E-state index in [1.165, 1.54) is 0 Å². The van der Waals surface area contributed by atoms with Gasteiger partial charge in [-0.15, -0.1) is 0 Å². The molecular formula is C10H23N3. The molecule has 0 aromatic carbocycles. The predicted molar refractivity (Wildman–Crippen MR) is 56.5 cm³/mol. The minimum Gasteiger partial charge on any atom is -0.304 e. The van der Waals surface area contributed by atoms with Gasteiger partial charge < -0.3 is 5.32 Å². The van der Waals surface area contributed by atoms with Gasteiger partial charge in [-0.1, -0.05) is 6.92 Å². The fourth-order valence-corrected chi connectivity index (χ4v) is 2.34. The third kappa shape index (κ3) is 3.25. The van der Waals surface area contributed by atoms with Crippen molar-refractivity contribution in [2.45, 2.75) is 45.7 Å². The van der Waals surface area contributed by atoms with Gasteiger partial charge in [-0.3, -0.25) is 5.43 Å². The van der Waals surface area contributed by atoms with E-state index >= 15 is 0 Å². The van der Waals surface area contributed by atoms with Crippen LogP contribution < -0.4 is 10.7 Å². The van der Waals surface area contributed by atoms with E-state index in [2.05, 4.69) is 50.4 Å². The fraction of sp³-hybridized carbons (Fsp3) is 1.00. The van der Waals surface area contributed by atoms with E-state index in [9.17, 15) is 0 Å². The Morgan fingerprint density at radius 2 is 1.62 bits per heavy atom. The van der Waals surface area contributed by atoms with Crippen LogP contribution >= 0.6 is 0 Å². The Balaban J connectivity index is 2.61. The largest absolute Gasteiger partial charge is 0.304 e. The van der Waals surface area contributed by atoms with Crippen molar-refractivity contribution in [3.8, 4) is 0 Å². The van der Waals surface area contributed by atoms with Crippen molar-refractivity contribution < 1.29 is 0 Å². The highest BCUT2D eigenvalue weighted by Gasteiger charge is 2.35. The zero-order valence-corrected chi connectivity index (χ0v) is 9.57. The maximum absolute atomic E-state index is 3.64. The zero-order chi connectivity index (χ0) is 10.1. The highest BCUT2D eigenvalue weighted by molar-refractivity contribution is 4.96. The normalized spacial score (nSPS) is 27.5. The molecule has 1 heterocycles. The second-order valence-corrected chi connectivity index (χ2v) is 5.26. The minimum atomic E-state index is 0.198. The van der Waals surface area contributed by atoms with Crippen LogP contribution in [0.25, 0.3) is 0 Å². The van der Waals surface area contributed by atoms with E-state index in [1.54, 1.807) is 0 Å². The number of hydrogen-bond donors (Lipinski definition) is 2. The lowest BCUT2D eigenvalue weighted by Gasteiger charge is -2.48. The van der Waals surface area contributed by atoms with Gasteiger partial charge in [0.15, 0.2) is 0 Å². The van der Waals surface area contributed by atoms with Crippen molar-refractivity contribution in [3.05, 3.63) is 0 Å². The van der Waals surface area contributed by atoms with Gasteiger partial charge in [0.1, 0.15) is 0 Å². The van der Waals surface area contributed by atoms with Crippen molar-refractivity contribution in [2.24, 2.45) is 0 Å². The molecule has 0 amide bonds. The van der Waals surface area contributed by atoms with Crippen LogP contribution in [0.4, 0.5) is 0 Å². The molecule has 0 atom stereocenters. The summed E-state index contributed by atoms with van der Waals surface area (Å²) in [4.78, 5) is 0. The van der Waals surface area contributed by atoms with Crippen molar-refractivity contribution in [3.63, 3.8) is 0 Å². The molecule has 0 radical (unpaired) electrons. The first-order valence-corrected chi connectivity index (χ1v) is 5.12. The Morgan fingerprint density at radius 3 is 2.00 bits per heavy atom. The second-order valence-electron chi connectivity index (χ2n) is 5.26. The summed E-state index contributed by atoms with van der Waals surface area (Å²) in [6.07, 6.45) is 0. The van der Waals surface area contributed by atoms with E-state index in [0.29, 0.717) is 0 Å². The molecule has 3 heteroatoms. The molecule has 3 nitrogen and oxygen atoms in total. The molecule has 13 heavy (non-hydrogen) atoms. The smallest absolute Gasteiger partial charge is 0.0309 e. The summed E-state index contributed by atoms with van der Waals surface area (Å²) in [5, 5.41) is 5.95. The van der Waals surface area contributed by atoms with Gasteiger partial charge in [-0.25, -0.2) is 5.01 Å². The highest BCUT2D eigenvalue weighted by Crippen LogP contribution is 2.18. The quantitative estimate of drug-likeness (QED) is 0.671. The molecule has 0 saturated carbocycles. The molecule has 0 spiro atoms. The topological polar surface area (TPSA) is 27.3 Å². The maximum atomic E-state index is 3.64. The van der Waals surface area contributed by atoms with Gasteiger partial charge >= 0.3 is 0 Å². The van der Waals surface area contributed by atoms with Gasteiger partial charge in [-0.2, -0.15) is 0 Å². The summed E-state index contributed by atoms with van der Waals surface area (Å²) >= 11 is 0. The number of rotatable bonds is 2. The SMILES string of the molecule is CCNN1CC(C)(C)NC(C)(C)C1. The van der Waals surface area contributed by atoms with Crippen LogP contribution in [0.1, 0.15) is 34.6 Å². The lowest BCUT2D eigenvalue weighted by molar-refractivity contribution is 0.0413. The molecule has 2 N–H and O–H groups in total. The Hall–Kier alpha value is -0.120. The lowest BCUT2D eigenvalue weighted by atomic mass is 9.92. The molecule has 78 valence electrons. The van der Waals surface area contributed by atoms with Crippen LogP contribution in [0.2, 0.25) is 0 Å². The fourth-order valence-electron chi connectivity index (χ4n) is 2.34. The Kier molecular flexibility index (Phi) is 3.00. The van der Waals surface area contributed by atoms with Gasteiger partial charge in [0.05, 0.1) is 0 Å². The molecule has 0 bridgehead atoms. The number of piperazine rings is 1. The first-order valence-electron chi connectivity index (χ1n) is 5.12. The molecule has 1 saturated heterocycles. The van der Waals surface area contributed by atoms with Crippen molar-refractivity contribution in [1.29, 1.82) is 0 Å². The summed E-state index contributed by atoms with van der Waals surface area (Å²) in [5.41, 5.74) is 3.79. The van der Waals surface area contributed by atoms with Gasteiger partial charge in [-0.05, 0) is 27.7 Å². The Morgan fingerprint density at radius 1 is 1.15 bits per heavy atom. The molecule has 0 aliphatic carbocycles. The maximum Gasteiger partial charge on any atom is 0.0309 e. The summed E-state index contributed by atoms with van der Waals surface area (Å²) in [6, 6.07) is 0. The minimum absolute atomic E-state index is 0.198. The third-order valence-electron chi connectivity index (χ3n) is 2.23. The number of nitrogens with one attached hydrogen (secondary N) is 2. The second kappa shape index (κ2) is 3.56. The Bertz CT molecular complexity index is 159. The summed E-state index contributed by atoms with van der Waals surface area (Å²) in [6.45, 7) is 14.3. The van der Waals surface area contributed by atoms with Crippen LogP contribution in [-0.4, -0.2) is 35.7 Å². The monoisotopic (exact) mass is 185 g/mol. The van der Waals surface area contributed by atoms with Gasteiger partial charge in [0, 0.05) is 30.7 Å². The zero-order valence-electron chi connectivity index (χ0n) is 9.57. The molecule has 1 rings (SSSR count). The molecule has 1 aliphatic heterocycles. The van der Waals surface area contributed by atoms with E-state index < -0.39 is 0 Å². The van der Waals surface area contributed by atoms with Crippen molar-refractivity contribution in [2.75, 3.05) is 19.6 Å². The van der Waals surface area contributed by atoms with E-state index in [0.717, 1.165) is 19.6 Å². The average Bonchev–Trinajstić information content (AvgIpc) is 1.78. The van der Waals surface area contributed by atoms with Crippen LogP contribution in [0.5, 0.6) is 0 Å². The Labute approximate surface area is 81.8 Å². The average molecular weight is 185 g/mol. The standard InChI is InChI=1S/C10H23N3/c1-6-11-13-7-9(2,3)12-10(4,5)8-13/h11-12H,6-8H2,1-5H3. The highest BCUT2D eigenvalue weighted by atomic mass is 15.5. The van der Waals surface area contributed by atoms with E-state index in [4.69, 9.17) is 0 Å². The van der Waals surface area contributed by atoms with E-state index in [1.807, 2.05) is 0 Å². The molecule has 0 aromatic rings. The number of hydrogen-bond acceptors (Lipinski definition) is 3. The first kappa shape index (κ1) is 11.0. The van der Waals surface area contributed by atoms with Crippen LogP contribution in [0, 0.1) is 0 Å².